The molecule has 0 radical (unpaired) electrons. The van der Waals surface area contributed by atoms with Crippen LogP contribution < -0.4 is 0 Å². The number of pyridine rings is 2. The van der Waals surface area contributed by atoms with E-state index in [0.717, 1.165) is 39.0 Å². The molecule has 1 aliphatic rings. The van der Waals surface area contributed by atoms with Crippen LogP contribution in [0.25, 0.3) is 22.2 Å². The van der Waals surface area contributed by atoms with Gasteiger partial charge in [-0.05, 0) is 37.6 Å². The number of nitrogens with zero attached hydrogens (tertiary/aromatic N) is 3. The first kappa shape index (κ1) is 18.1. The number of aryl methyl sites for hydroxylation is 2. The second-order valence-electron chi connectivity index (χ2n) is 7.29. The van der Waals surface area contributed by atoms with Gasteiger partial charge in [0.25, 0.3) is 5.91 Å². The summed E-state index contributed by atoms with van der Waals surface area (Å²) in [6, 6.07) is 11.7. The normalized spacial score (nSPS) is 19.0. The third kappa shape index (κ3) is 3.12. The summed E-state index contributed by atoms with van der Waals surface area (Å²) < 4.78 is 0. The van der Waals surface area contributed by atoms with Gasteiger partial charge < -0.3 is 10.0 Å². The van der Waals surface area contributed by atoms with Crippen molar-refractivity contribution in [1.29, 1.82) is 0 Å². The van der Waals surface area contributed by atoms with Gasteiger partial charge in [-0.3, -0.25) is 9.78 Å². The summed E-state index contributed by atoms with van der Waals surface area (Å²) in [5.74, 6) is 5.38. The molecule has 1 atom stereocenters. The largest absolute Gasteiger partial charge is 0.369 e. The molecule has 1 saturated heterocycles. The van der Waals surface area contributed by atoms with Crippen molar-refractivity contribution in [3.8, 4) is 23.1 Å². The Bertz CT molecular complexity index is 1160. The number of likely N-dealkylation sites (tertiary alicyclic amines) is 1. The highest BCUT2D eigenvalue weighted by Gasteiger charge is 2.42. The highest BCUT2D eigenvalue weighted by molar-refractivity contribution is 5.90. The molecule has 3 aromatic rings. The SMILES string of the molecule is Cc1cnc(C)c2nc(-c3cccc(C#C[C@]4(O)CCN(C)C4=O)c3)ccc12. The van der Waals surface area contributed by atoms with Gasteiger partial charge in [-0.2, -0.15) is 0 Å². The topological polar surface area (TPSA) is 66.3 Å². The predicted molar refractivity (Wildman–Crippen MR) is 109 cm³/mol. The minimum Gasteiger partial charge on any atom is -0.369 e. The quantitative estimate of drug-likeness (QED) is 0.668. The van der Waals surface area contributed by atoms with Gasteiger partial charge in [-0.15, -0.1) is 0 Å². The zero-order valence-electron chi connectivity index (χ0n) is 16.2. The molecular formula is C23H21N3O2. The number of aromatic nitrogens is 2. The molecule has 4 rings (SSSR count). The summed E-state index contributed by atoms with van der Waals surface area (Å²) in [5.41, 5.74) is 3.78. The number of carbonyl (C=O) groups is 1. The Morgan fingerprint density at radius 1 is 1.21 bits per heavy atom. The third-order valence-electron chi connectivity index (χ3n) is 5.20. The van der Waals surface area contributed by atoms with Gasteiger partial charge in [0.1, 0.15) is 0 Å². The van der Waals surface area contributed by atoms with E-state index < -0.39 is 5.60 Å². The van der Waals surface area contributed by atoms with Crippen LogP contribution in [0, 0.1) is 25.7 Å². The van der Waals surface area contributed by atoms with Crippen LogP contribution in [0.15, 0.2) is 42.6 Å². The van der Waals surface area contributed by atoms with Crippen LogP contribution in [0.3, 0.4) is 0 Å². The van der Waals surface area contributed by atoms with Gasteiger partial charge in [0.05, 0.1) is 16.9 Å². The lowest BCUT2D eigenvalue weighted by molar-refractivity contribution is -0.137. The van der Waals surface area contributed by atoms with Gasteiger partial charge in [-0.1, -0.05) is 30.0 Å². The highest BCUT2D eigenvalue weighted by Crippen LogP contribution is 2.25. The average molecular weight is 371 g/mol. The summed E-state index contributed by atoms with van der Waals surface area (Å²) in [5, 5.41) is 11.6. The number of carbonyl (C=O) groups excluding carboxylic acids is 1. The lowest BCUT2D eigenvalue weighted by atomic mass is 10.0. The van der Waals surface area contributed by atoms with E-state index in [-0.39, 0.29) is 5.91 Å². The molecule has 5 heteroatoms. The number of fused-ring (bicyclic) bond motifs is 1. The molecule has 1 aliphatic heterocycles. The fourth-order valence-electron chi connectivity index (χ4n) is 3.44. The first-order chi connectivity index (χ1) is 13.4. The monoisotopic (exact) mass is 371 g/mol. The Labute approximate surface area is 164 Å². The van der Waals surface area contributed by atoms with E-state index in [1.165, 1.54) is 4.90 Å². The van der Waals surface area contributed by atoms with E-state index in [2.05, 4.69) is 22.9 Å². The minimum atomic E-state index is -1.59. The Morgan fingerprint density at radius 2 is 2.04 bits per heavy atom. The fourth-order valence-corrected chi connectivity index (χ4v) is 3.44. The molecule has 3 heterocycles. The van der Waals surface area contributed by atoms with E-state index >= 15 is 0 Å². The predicted octanol–water partition coefficient (Wildman–Crippen LogP) is 2.86. The molecular weight excluding hydrogens is 350 g/mol. The average Bonchev–Trinajstić information content (AvgIpc) is 2.97. The molecule has 0 aliphatic carbocycles. The van der Waals surface area contributed by atoms with E-state index in [0.29, 0.717) is 13.0 Å². The van der Waals surface area contributed by atoms with E-state index in [1.54, 1.807) is 7.05 Å². The summed E-state index contributed by atoms with van der Waals surface area (Å²) >= 11 is 0. The number of aliphatic hydroxyl groups is 1. The standard InChI is InChI=1S/C23H21N3O2/c1-15-14-24-16(2)21-19(15)7-8-20(25-21)18-6-4-5-17(13-18)9-10-23(28)11-12-26(3)22(23)27/h4-8,13-14,28H,11-12H2,1-3H3/t23-/m0/s1. The van der Waals surface area contributed by atoms with Crippen molar-refractivity contribution in [2.75, 3.05) is 13.6 Å². The van der Waals surface area contributed by atoms with Crippen LogP contribution in [-0.2, 0) is 4.79 Å². The van der Waals surface area contributed by atoms with Crippen molar-refractivity contribution in [2.45, 2.75) is 25.9 Å². The van der Waals surface area contributed by atoms with Crippen LogP contribution >= 0.6 is 0 Å². The van der Waals surface area contributed by atoms with Gasteiger partial charge in [0.2, 0.25) is 5.60 Å². The van der Waals surface area contributed by atoms with Crippen molar-refractivity contribution in [2.24, 2.45) is 0 Å². The van der Waals surface area contributed by atoms with Gasteiger partial charge in [-0.25, -0.2) is 4.98 Å². The van der Waals surface area contributed by atoms with E-state index in [1.807, 2.05) is 50.4 Å². The number of hydrogen-bond donors (Lipinski definition) is 1. The zero-order valence-corrected chi connectivity index (χ0v) is 16.2. The lowest BCUT2D eigenvalue weighted by Gasteiger charge is -2.13. The molecule has 2 aromatic heterocycles. The molecule has 0 bridgehead atoms. The maximum absolute atomic E-state index is 12.1. The Morgan fingerprint density at radius 3 is 2.79 bits per heavy atom. The second kappa shape index (κ2) is 6.74. The summed E-state index contributed by atoms with van der Waals surface area (Å²) in [7, 11) is 1.67. The number of rotatable bonds is 1. The van der Waals surface area contributed by atoms with Crippen LogP contribution in [0.2, 0.25) is 0 Å². The van der Waals surface area contributed by atoms with Crippen molar-refractivity contribution < 1.29 is 9.90 Å². The zero-order chi connectivity index (χ0) is 19.9. The molecule has 0 unspecified atom stereocenters. The molecule has 1 amide bonds. The van der Waals surface area contributed by atoms with E-state index in [9.17, 15) is 9.90 Å². The second-order valence-corrected chi connectivity index (χ2v) is 7.29. The molecule has 0 spiro atoms. The van der Waals surface area contributed by atoms with E-state index in [4.69, 9.17) is 4.98 Å². The Hall–Kier alpha value is -3.23. The third-order valence-corrected chi connectivity index (χ3v) is 5.20. The first-order valence-electron chi connectivity index (χ1n) is 9.22. The molecule has 5 nitrogen and oxygen atoms in total. The Balaban J connectivity index is 1.71. The first-order valence-corrected chi connectivity index (χ1v) is 9.22. The molecule has 0 saturated carbocycles. The molecule has 28 heavy (non-hydrogen) atoms. The number of benzene rings is 1. The van der Waals surface area contributed by atoms with Crippen molar-refractivity contribution >= 4 is 16.8 Å². The van der Waals surface area contributed by atoms with Crippen LogP contribution in [0.4, 0.5) is 0 Å². The fraction of sp³-hybridized carbons (Fsp3) is 0.261. The summed E-state index contributed by atoms with van der Waals surface area (Å²) in [6.45, 7) is 4.49. The van der Waals surface area contributed by atoms with Crippen molar-refractivity contribution in [3.05, 3.63) is 59.4 Å². The molecule has 1 N–H and O–H groups in total. The molecule has 1 fully saturated rings. The van der Waals surface area contributed by atoms with Crippen LogP contribution in [-0.4, -0.2) is 45.1 Å². The smallest absolute Gasteiger partial charge is 0.267 e. The molecule has 140 valence electrons. The van der Waals surface area contributed by atoms with Gasteiger partial charge in [0.15, 0.2) is 0 Å². The van der Waals surface area contributed by atoms with Crippen molar-refractivity contribution in [3.63, 3.8) is 0 Å². The molecule has 1 aromatic carbocycles. The van der Waals surface area contributed by atoms with Crippen molar-refractivity contribution in [1.82, 2.24) is 14.9 Å². The van der Waals surface area contributed by atoms with Gasteiger partial charge >= 0.3 is 0 Å². The number of amides is 1. The lowest BCUT2D eigenvalue weighted by Crippen LogP contribution is -2.37. The van der Waals surface area contributed by atoms with Crippen LogP contribution in [0.5, 0.6) is 0 Å². The summed E-state index contributed by atoms with van der Waals surface area (Å²) in [4.78, 5) is 22.8. The minimum absolute atomic E-state index is 0.326. The van der Waals surface area contributed by atoms with Gasteiger partial charge in [0, 0.05) is 42.7 Å². The summed E-state index contributed by atoms with van der Waals surface area (Å²) in [6.07, 6.45) is 2.19. The highest BCUT2D eigenvalue weighted by atomic mass is 16.3. The number of likely N-dealkylation sites (N-methyl/N-ethyl adjacent to an activating group) is 1. The Kier molecular flexibility index (Phi) is 4.37. The van der Waals surface area contributed by atoms with Crippen LogP contribution in [0.1, 0.15) is 23.2 Å². The maximum atomic E-state index is 12.1. The number of hydrogen-bond acceptors (Lipinski definition) is 4. The maximum Gasteiger partial charge on any atom is 0.267 e.